The third kappa shape index (κ3) is 3.04. The van der Waals surface area contributed by atoms with Crippen LogP contribution in [-0.4, -0.2) is 40.0 Å². The van der Waals surface area contributed by atoms with Crippen LogP contribution in [0.2, 0.25) is 0 Å². The first-order valence-electron chi connectivity index (χ1n) is 6.84. The minimum absolute atomic E-state index is 0.213. The van der Waals surface area contributed by atoms with Gasteiger partial charge in [-0.25, -0.2) is 13.8 Å². The Morgan fingerprint density at radius 1 is 1.29 bits per heavy atom. The van der Waals surface area contributed by atoms with E-state index in [2.05, 4.69) is 4.98 Å². The van der Waals surface area contributed by atoms with Crippen LogP contribution in [0.25, 0.3) is 11.0 Å². The Labute approximate surface area is 128 Å². The molecule has 0 bridgehead atoms. The summed E-state index contributed by atoms with van der Waals surface area (Å²) < 4.78 is 29.5. The number of halogens is 3. The molecule has 0 aliphatic heterocycles. The Hall–Kier alpha value is -1.20. The lowest BCUT2D eigenvalue weighted by molar-refractivity contribution is 0.169. The highest BCUT2D eigenvalue weighted by atomic mass is 35.5. The number of hydrogen-bond donors (Lipinski definition) is 0. The average Bonchev–Trinajstić information content (AvgIpc) is 2.73. The molecule has 1 heterocycles. The second-order valence-electron chi connectivity index (χ2n) is 5.99. The molecule has 0 aliphatic carbocycles. The highest BCUT2D eigenvalue weighted by molar-refractivity contribution is 6.17. The molecular weight excluding hydrogens is 296 g/mol. The maximum absolute atomic E-state index is 14.2. The number of imidazole rings is 1. The Bertz CT molecular complexity index is 650. The van der Waals surface area contributed by atoms with Crippen LogP contribution in [0, 0.1) is 11.6 Å². The zero-order valence-corrected chi connectivity index (χ0v) is 13.5. The molecule has 0 saturated carbocycles. The van der Waals surface area contributed by atoms with Gasteiger partial charge in [-0.3, -0.25) is 0 Å². The average molecular weight is 316 g/mol. The normalized spacial score (nSPS) is 12.6. The van der Waals surface area contributed by atoms with E-state index in [1.807, 2.05) is 32.8 Å². The van der Waals surface area contributed by atoms with Crippen LogP contribution in [0.1, 0.15) is 19.7 Å². The lowest BCUT2D eigenvalue weighted by atomic mass is 10.0. The Morgan fingerprint density at radius 3 is 2.52 bits per heavy atom. The zero-order chi connectivity index (χ0) is 15.8. The monoisotopic (exact) mass is 315 g/mol. The molecule has 1 aromatic carbocycles. The summed E-state index contributed by atoms with van der Waals surface area (Å²) in [7, 11) is 3.91. The van der Waals surface area contributed by atoms with Gasteiger partial charge >= 0.3 is 0 Å². The highest BCUT2D eigenvalue weighted by Gasteiger charge is 2.25. The van der Waals surface area contributed by atoms with E-state index in [0.717, 1.165) is 6.07 Å². The van der Waals surface area contributed by atoms with Gasteiger partial charge in [0.2, 0.25) is 0 Å². The van der Waals surface area contributed by atoms with E-state index in [4.69, 9.17) is 11.6 Å². The molecule has 1 aromatic heterocycles. The summed E-state index contributed by atoms with van der Waals surface area (Å²) in [5.74, 6) is -0.644. The molecule has 3 nitrogen and oxygen atoms in total. The number of aromatic nitrogens is 2. The van der Waals surface area contributed by atoms with Crippen molar-refractivity contribution < 1.29 is 8.78 Å². The Balaban J connectivity index is 2.63. The number of hydrogen-bond acceptors (Lipinski definition) is 2. The van der Waals surface area contributed by atoms with Crippen molar-refractivity contribution in [2.45, 2.75) is 32.4 Å². The number of nitrogens with zero attached hydrogens (tertiary/aromatic N) is 3. The molecule has 6 heteroatoms. The third-order valence-electron chi connectivity index (χ3n) is 3.95. The summed E-state index contributed by atoms with van der Waals surface area (Å²) in [6.07, 6.45) is 0.515. The van der Waals surface area contributed by atoms with Gasteiger partial charge in [0.05, 0.1) is 5.52 Å². The van der Waals surface area contributed by atoms with Crippen LogP contribution >= 0.6 is 11.6 Å². The molecule has 0 fully saturated rings. The fourth-order valence-corrected chi connectivity index (χ4v) is 2.35. The van der Waals surface area contributed by atoms with Crippen LogP contribution in [0.15, 0.2) is 12.1 Å². The van der Waals surface area contributed by atoms with Crippen molar-refractivity contribution in [3.05, 3.63) is 29.6 Å². The summed E-state index contributed by atoms with van der Waals surface area (Å²) in [6, 6.07) is 2.61. The second-order valence-corrected chi connectivity index (χ2v) is 6.37. The van der Waals surface area contributed by atoms with E-state index in [-0.39, 0.29) is 11.1 Å². The molecule has 2 aromatic rings. The molecule has 0 atom stereocenters. The summed E-state index contributed by atoms with van der Waals surface area (Å²) >= 11 is 5.81. The summed E-state index contributed by atoms with van der Waals surface area (Å²) in [5, 5.41) is 0. The standard InChI is InChI=1S/C15H20ClF2N3/c1-15(2,20(3)4)9-21-12(7-8-16)19-11-6-5-10(17)13(18)14(11)21/h5-6H,7-9H2,1-4H3. The zero-order valence-electron chi connectivity index (χ0n) is 12.8. The molecule has 0 N–H and O–H groups in total. The molecule has 0 spiro atoms. The minimum Gasteiger partial charge on any atom is -0.324 e. The second kappa shape index (κ2) is 5.89. The van der Waals surface area contributed by atoms with Gasteiger partial charge in [-0.1, -0.05) is 0 Å². The number of rotatable bonds is 5. The molecular formula is C15H20ClF2N3. The molecule has 0 saturated heterocycles. The lowest BCUT2D eigenvalue weighted by Gasteiger charge is -2.33. The number of aryl methyl sites for hydroxylation is 1. The van der Waals surface area contributed by atoms with Crippen molar-refractivity contribution in [1.29, 1.82) is 0 Å². The predicted molar refractivity (Wildman–Crippen MR) is 81.8 cm³/mol. The number of benzene rings is 1. The van der Waals surface area contributed by atoms with E-state index in [1.54, 1.807) is 4.57 Å². The largest absolute Gasteiger partial charge is 0.324 e. The summed E-state index contributed by atoms with van der Waals surface area (Å²) in [5.41, 5.74) is 0.446. The van der Waals surface area contributed by atoms with Crippen molar-refractivity contribution in [2.75, 3.05) is 20.0 Å². The van der Waals surface area contributed by atoms with Gasteiger partial charge in [-0.2, -0.15) is 0 Å². The van der Waals surface area contributed by atoms with Crippen molar-refractivity contribution in [1.82, 2.24) is 14.5 Å². The van der Waals surface area contributed by atoms with Crippen molar-refractivity contribution >= 4 is 22.6 Å². The van der Waals surface area contributed by atoms with Crippen molar-refractivity contribution in [2.24, 2.45) is 0 Å². The van der Waals surface area contributed by atoms with Crippen molar-refractivity contribution in [3.63, 3.8) is 0 Å². The fraction of sp³-hybridized carbons (Fsp3) is 0.533. The lowest BCUT2D eigenvalue weighted by Crippen LogP contribution is -2.42. The molecule has 21 heavy (non-hydrogen) atoms. The molecule has 116 valence electrons. The molecule has 0 unspecified atom stereocenters. The van der Waals surface area contributed by atoms with Crippen molar-refractivity contribution in [3.8, 4) is 0 Å². The topological polar surface area (TPSA) is 21.1 Å². The van der Waals surface area contributed by atoms with Gasteiger partial charge in [0.15, 0.2) is 11.6 Å². The van der Waals surface area contributed by atoms with Crippen LogP contribution in [0.5, 0.6) is 0 Å². The van der Waals surface area contributed by atoms with Gasteiger partial charge in [0.1, 0.15) is 11.3 Å². The van der Waals surface area contributed by atoms with Crippen LogP contribution in [-0.2, 0) is 13.0 Å². The summed E-state index contributed by atoms with van der Waals surface area (Å²) in [4.78, 5) is 6.44. The number of likely N-dealkylation sites (N-methyl/N-ethyl adjacent to an activating group) is 1. The predicted octanol–water partition coefficient (Wildman–Crippen LogP) is 3.44. The Kier molecular flexibility index (Phi) is 4.54. The maximum atomic E-state index is 14.2. The Morgan fingerprint density at radius 2 is 1.95 bits per heavy atom. The SMILES string of the molecule is CN(C)C(C)(C)Cn1c(CCCl)nc2ccc(F)c(F)c21. The smallest absolute Gasteiger partial charge is 0.184 e. The first-order valence-corrected chi connectivity index (χ1v) is 7.38. The van der Waals surface area contributed by atoms with E-state index in [0.29, 0.717) is 30.2 Å². The van der Waals surface area contributed by atoms with Gasteiger partial charge < -0.3 is 9.47 Å². The van der Waals surface area contributed by atoms with Gasteiger partial charge in [0, 0.05) is 24.4 Å². The quantitative estimate of drug-likeness (QED) is 0.788. The van der Waals surface area contributed by atoms with Gasteiger partial charge in [-0.05, 0) is 40.1 Å². The third-order valence-corrected chi connectivity index (χ3v) is 4.14. The van der Waals surface area contributed by atoms with E-state index >= 15 is 0 Å². The summed E-state index contributed by atoms with van der Waals surface area (Å²) in [6.45, 7) is 4.59. The molecule has 0 amide bonds. The van der Waals surface area contributed by atoms with Crippen LogP contribution < -0.4 is 0 Å². The highest BCUT2D eigenvalue weighted by Crippen LogP contribution is 2.25. The van der Waals surface area contributed by atoms with Crippen LogP contribution in [0.4, 0.5) is 8.78 Å². The minimum atomic E-state index is -0.858. The molecule has 0 aliphatic rings. The first-order chi connectivity index (χ1) is 9.77. The number of fused-ring (bicyclic) bond motifs is 1. The molecule has 2 rings (SSSR count). The van der Waals surface area contributed by atoms with E-state index in [9.17, 15) is 8.78 Å². The van der Waals surface area contributed by atoms with E-state index in [1.165, 1.54) is 6.07 Å². The fourth-order valence-electron chi connectivity index (χ4n) is 2.18. The van der Waals surface area contributed by atoms with Gasteiger partial charge in [0.25, 0.3) is 0 Å². The first kappa shape index (κ1) is 16.2. The van der Waals surface area contributed by atoms with Gasteiger partial charge in [-0.15, -0.1) is 11.6 Å². The molecule has 0 radical (unpaired) electrons. The maximum Gasteiger partial charge on any atom is 0.184 e. The number of alkyl halides is 1. The van der Waals surface area contributed by atoms with E-state index < -0.39 is 11.6 Å². The van der Waals surface area contributed by atoms with Crippen LogP contribution in [0.3, 0.4) is 0 Å².